The van der Waals surface area contributed by atoms with Gasteiger partial charge >= 0.3 is 18.5 Å². The lowest BCUT2D eigenvalue weighted by Gasteiger charge is -2.36. The van der Waals surface area contributed by atoms with Gasteiger partial charge in [0.1, 0.15) is 11.5 Å². The molecule has 6 rings (SSSR count). The second-order valence-electron chi connectivity index (χ2n) is 15.8. The van der Waals surface area contributed by atoms with E-state index in [2.05, 4.69) is 36.4 Å². The number of rotatable bonds is 10. The predicted molar refractivity (Wildman–Crippen MR) is 226 cm³/mol. The summed E-state index contributed by atoms with van der Waals surface area (Å²) in [6.45, 7) is 11.2. The van der Waals surface area contributed by atoms with Crippen LogP contribution in [0.5, 0.6) is 11.5 Å². The summed E-state index contributed by atoms with van der Waals surface area (Å²) in [5.41, 5.74) is 0.392. The Balaban J connectivity index is 1.57. The van der Waals surface area contributed by atoms with Crippen LogP contribution in [0.2, 0.25) is 0 Å². The van der Waals surface area contributed by atoms with Crippen molar-refractivity contribution in [2.45, 2.75) is 90.9 Å². The molecule has 0 aliphatic heterocycles. The van der Waals surface area contributed by atoms with E-state index in [0.29, 0.717) is 31.4 Å². The summed E-state index contributed by atoms with van der Waals surface area (Å²) >= 11 is 0. The number of hydrogen-bond acceptors (Lipinski definition) is 2. The van der Waals surface area contributed by atoms with Gasteiger partial charge in [-0.2, -0.15) is 39.5 Å². The van der Waals surface area contributed by atoms with Gasteiger partial charge in [0.05, 0.1) is 30.9 Å². The largest absolute Gasteiger partial charge is 0.496 e. The van der Waals surface area contributed by atoms with Crippen LogP contribution in [0.4, 0.5) is 39.5 Å². The van der Waals surface area contributed by atoms with Gasteiger partial charge in [0.25, 0.3) is 0 Å². The van der Waals surface area contributed by atoms with E-state index in [0.717, 1.165) is 67.4 Å². The summed E-state index contributed by atoms with van der Waals surface area (Å²) < 4.78 is 140. The topological polar surface area (TPSA) is 18.5 Å². The summed E-state index contributed by atoms with van der Waals surface area (Å²) in [6, 6.07) is 21.3. The highest BCUT2D eigenvalue weighted by molar-refractivity contribution is 7.80. The fraction of sp³-hybridized carbons (Fsp3) is 0.362. The zero-order valence-electron chi connectivity index (χ0n) is 34.5. The third kappa shape index (κ3) is 9.38. The molecule has 1 aliphatic rings. The second kappa shape index (κ2) is 17.4. The van der Waals surface area contributed by atoms with E-state index in [1.165, 1.54) is 13.0 Å². The van der Waals surface area contributed by atoms with Crippen molar-refractivity contribution in [3.63, 3.8) is 0 Å². The minimum absolute atomic E-state index is 0.0706. The second-order valence-corrected chi connectivity index (χ2v) is 20.5. The van der Waals surface area contributed by atoms with Gasteiger partial charge in [0.15, 0.2) is 0 Å². The summed E-state index contributed by atoms with van der Waals surface area (Å²) in [6.07, 6.45) is -13.1. The molecule has 2 nitrogen and oxygen atoms in total. The Morgan fingerprint density at radius 1 is 0.550 bits per heavy atom. The molecule has 0 spiro atoms. The van der Waals surface area contributed by atoms with Crippen LogP contribution in [-0.2, 0) is 18.5 Å². The summed E-state index contributed by atoms with van der Waals surface area (Å²) in [7, 11) is -0.214. The van der Waals surface area contributed by atoms with Crippen molar-refractivity contribution in [1.82, 2.24) is 0 Å². The third-order valence-corrected chi connectivity index (χ3v) is 16.8. The first-order valence-electron chi connectivity index (χ1n) is 19.5. The highest BCUT2D eigenvalue weighted by Gasteiger charge is 2.43. The smallest absolute Gasteiger partial charge is 0.416 e. The molecule has 1 fully saturated rings. The van der Waals surface area contributed by atoms with Crippen LogP contribution in [-0.4, -0.2) is 19.9 Å². The Morgan fingerprint density at radius 3 is 1.43 bits per heavy atom. The van der Waals surface area contributed by atoms with Gasteiger partial charge < -0.3 is 9.47 Å². The predicted octanol–water partition coefficient (Wildman–Crippen LogP) is 12.5. The third-order valence-electron chi connectivity index (χ3n) is 11.5. The number of halogens is 9. The van der Waals surface area contributed by atoms with Crippen LogP contribution >= 0.6 is 15.8 Å². The summed E-state index contributed by atoms with van der Waals surface area (Å²) in [4.78, 5) is 0. The summed E-state index contributed by atoms with van der Waals surface area (Å²) in [5, 5.41) is 2.97. The van der Waals surface area contributed by atoms with Crippen molar-refractivity contribution >= 4 is 42.4 Å². The van der Waals surface area contributed by atoms with Crippen molar-refractivity contribution in [3.05, 3.63) is 135 Å². The number of hydrogen-bond donors (Lipinski definition) is 0. The first-order valence-corrected chi connectivity index (χ1v) is 22.3. The highest BCUT2D eigenvalue weighted by atomic mass is 31.1. The van der Waals surface area contributed by atoms with E-state index in [4.69, 9.17) is 9.47 Å². The number of methoxy groups -OCH3 is 2. The fourth-order valence-electron chi connectivity index (χ4n) is 9.10. The van der Waals surface area contributed by atoms with Gasteiger partial charge in [-0.05, 0) is 195 Å². The van der Waals surface area contributed by atoms with Crippen LogP contribution in [0.3, 0.4) is 0 Å². The van der Waals surface area contributed by atoms with Gasteiger partial charge in [0, 0.05) is 0 Å². The van der Waals surface area contributed by atoms with E-state index >= 15 is 0 Å². The van der Waals surface area contributed by atoms with Crippen LogP contribution in [0, 0.1) is 40.5 Å². The maximum Gasteiger partial charge on any atom is 0.416 e. The SMILES string of the molecule is COc1c(C)cc(P(c2cc(C)c(OC)c(C)c2)c2ccccc2C2CCCC2[C@@H](C)P(c2cc(C)cc(C(F)(F)F)c2)c2cc(C(F)(F)F)cc(C(F)(F)F)c2)cc1C. The number of benzene rings is 5. The molecule has 0 amide bonds. The molecule has 0 bridgehead atoms. The molecule has 5 aromatic rings. The molecular formula is C47H47F9O2P2. The van der Waals surface area contributed by atoms with Gasteiger partial charge in [-0.3, -0.25) is 0 Å². The van der Waals surface area contributed by atoms with Crippen LogP contribution in [0.15, 0.2) is 84.9 Å². The molecule has 0 aromatic heterocycles. The molecule has 60 heavy (non-hydrogen) atoms. The Morgan fingerprint density at radius 2 is 0.983 bits per heavy atom. The maximum atomic E-state index is 14.3. The molecule has 0 heterocycles. The van der Waals surface area contributed by atoms with E-state index in [1.807, 2.05) is 39.8 Å². The lowest BCUT2D eigenvalue weighted by atomic mass is 9.87. The molecule has 0 saturated heterocycles. The lowest BCUT2D eigenvalue weighted by Crippen LogP contribution is -2.32. The fourth-order valence-corrected chi connectivity index (χ4v) is 15.1. The van der Waals surface area contributed by atoms with Crippen molar-refractivity contribution in [3.8, 4) is 11.5 Å². The summed E-state index contributed by atoms with van der Waals surface area (Å²) in [5.74, 6) is 1.05. The van der Waals surface area contributed by atoms with E-state index in [9.17, 15) is 39.5 Å². The van der Waals surface area contributed by atoms with E-state index in [-0.39, 0.29) is 34.1 Å². The quantitative estimate of drug-likeness (QED) is 0.103. The van der Waals surface area contributed by atoms with Crippen LogP contribution < -0.4 is 36.0 Å². The van der Waals surface area contributed by atoms with E-state index < -0.39 is 56.7 Å². The maximum absolute atomic E-state index is 14.3. The van der Waals surface area contributed by atoms with Gasteiger partial charge in [-0.15, -0.1) is 0 Å². The molecule has 0 N–H and O–H groups in total. The van der Waals surface area contributed by atoms with Gasteiger partial charge in [0.2, 0.25) is 0 Å². The number of ether oxygens (including phenoxy) is 2. The average molecular weight is 877 g/mol. The van der Waals surface area contributed by atoms with Crippen LogP contribution in [0.1, 0.15) is 82.2 Å². The zero-order valence-corrected chi connectivity index (χ0v) is 36.3. The van der Waals surface area contributed by atoms with Crippen molar-refractivity contribution in [1.29, 1.82) is 0 Å². The van der Waals surface area contributed by atoms with Crippen molar-refractivity contribution in [2.24, 2.45) is 5.92 Å². The van der Waals surface area contributed by atoms with E-state index in [1.54, 1.807) is 21.1 Å². The lowest BCUT2D eigenvalue weighted by molar-refractivity contribution is -0.143. The molecule has 1 aliphatic carbocycles. The molecule has 320 valence electrons. The minimum atomic E-state index is -5.13. The normalized spacial score (nSPS) is 17.2. The molecule has 1 saturated carbocycles. The van der Waals surface area contributed by atoms with Gasteiger partial charge in [-0.1, -0.05) is 43.7 Å². The number of aryl methyl sites for hydroxylation is 5. The van der Waals surface area contributed by atoms with Crippen molar-refractivity contribution in [2.75, 3.05) is 14.2 Å². The molecular weight excluding hydrogens is 829 g/mol. The molecule has 5 aromatic carbocycles. The minimum Gasteiger partial charge on any atom is -0.496 e. The first kappa shape index (κ1) is 45.5. The highest BCUT2D eigenvalue weighted by Crippen LogP contribution is 2.54. The Kier molecular flexibility index (Phi) is 13.2. The number of alkyl halides is 9. The molecule has 13 heteroatoms. The molecule has 4 atom stereocenters. The van der Waals surface area contributed by atoms with Crippen molar-refractivity contribution < 1.29 is 49.0 Å². The van der Waals surface area contributed by atoms with Crippen LogP contribution in [0.25, 0.3) is 0 Å². The standard InChI is InChI=1S/C47H47F9O2P2/c1-26-16-32(45(48,49)50)23-35(17-26)59(38-24-33(46(51,52)53)22-34(25-38)47(54,55)56)31(6)39-13-11-14-40(39)41-12-9-10-15-42(41)60(36-18-27(2)43(57-7)28(3)19-36)37-20-29(4)44(58-8)30(5)21-37/h9-10,12,15-25,31,39-40H,11,13-14H2,1-8H3/t31-,39?,40?,59?/m1/s1. The Hall–Kier alpha value is -4.07. The van der Waals surface area contributed by atoms with Gasteiger partial charge in [-0.25, -0.2) is 0 Å². The monoisotopic (exact) mass is 876 g/mol. The molecule has 3 unspecified atom stereocenters. The first-order chi connectivity index (χ1) is 28.0. The molecule has 0 radical (unpaired) electrons. The Bertz CT molecular complexity index is 2230. The average Bonchev–Trinajstić information content (AvgIpc) is 3.64. The zero-order chi connectivity index (χ0) is 44.1. The Labute approximate surface area is 348 Å².